The fourth-order valence-corrected chi connectivity index (χ4v) is 4.78. The van der Waals surface area contributed by atoms with Gasteiger partial charge in [0.05, 0.1) is 13.2 Å². The molecule has 1 N–H and O–H groups in total. The van der Waals surface area contributed by atoms with Crippen molar-refractivity contribution in [1.82, 2.24) is 14.8 Å². The summed E-state index contributed by atoms with van der Waals surface area (Å²) in [4.78, 5) is 40.4. The topological polar surface area (TPSA) is 80.6 Å². The van der Waals surface area contributed by atoms with E-state index in [2.05, 4.69) is 5.32 Å². The molecule has 0 radical (unpaired) electrons. The highest BCUT2D eigenvalue weighted by atomic mass is 19.1. The lowest BCUT2D eigenvalue weighted by molar-refractivity contribution is -0.132. The highest BCUT2D eigenvalue weighted by Gasteiger charge is 2.55. The van der Waals surface area contributed by atoms with Gasteiger partial charge in [-0.25, -0.2) is 9.18 Å². The number of urea groups is 1. The Labute approximate surface area is 189 Å². The molecule has 1 saturated heterocycles. The summed E-state index contributed by atoms with van der Waals surface area (Å²) in [5.41, 5.74) is 1.94. The van der Waals surface area contributed by atoms with Crippen LogP contribution in [0.3, 0.4) is 0 Å². The Hall–Kier alpha value is -3.94. The molecule has 1 aromatic heterocycles. The fourth-order valence-electron chi connectivity index (χ4n) is 4.78. The van der Waals surface area contributed by atoms with Crippen LogP contribution in [0.4, 0.5) is 9.18 Å². The van der Waals surface area contributed by atoms with Gasteiger partial charge in [-0.1, -0.05) is 18.2 Å². The first kappa shape index (κ1) is 20.9. The number of amides is 3. The first-order chi connectivity index (χ1) is 15.8. The highest BCUT2D eigenvalue weighted by molar-refractivity contribution is 6.12. The lowest BCUT2D eigenvalue weighted by atomic mass is 9.84. The van der Waals surface area contributed by atoms with E-state index < -0.39 is 17.5 Å². The summed E-state index contributed by atoms with van der Waals surface area (Å²) >= 11 is 0. The van der Waals surface area contributed by atoms with Crippen LogP contribution in [0, 0.1) is 19.7 Å². The number of Topliss-reactive ketones (excluding diaryl/α,β-unsaturated/α-hetero) is 1. The minimum absolute atomic E-state index is 0.281. The molecule has 8 heteroatoms. The summed E-state index contributed by atoms with van der Waals surface area (Å²) in [6, 6.07) is 14.2. The number of rotatable bonds is 4. The summed E-state index contributed by atoms with van der Waals surface area (Å²) in [6.07, 6.45) is 0.290. The summed E-state index contributed by atoms with van der Waals surface area (Å²) in [6.45, 7) is 3.53. The van der Waals surface area contributed by atoms with E-state index in [9.17, 15) is 18.8 Å². The maximum Gasteiger partial charge on any atom is 0.325 e. The van der Waals surface area contributed by atoms with Gasteiger partial charge in [0.25, 0.3) is 5.91 Å². The summed E-state index contributed by atoms with van der Waals surface area (Å²) < 4.78 is 20.8. The Kier molecular flexibility index (Phi) is 4.81. The number of ether oxygens (including phenoxy) is 1. The van der Waals surface area contributed by atoms with Crippen molar-refractivity contribution < 1.29 is 23.5 Å². The second-order valence-corrected chi connectivity index (χ2v) is 8.34. The molecule has 3 amide bonds. The third kappa shape index (κ3) is 3.21. The third-order valence-corrected chi connectivity index (χ3v) is 6.38. The molecule has 1 atom stereocenters. The van der Waals surface area contributed by atoms with Crippen molar-refractivity contribution in [2.75, 3.05) is 13.2 Å². The highest BCUT2D eigenvalue weighted by Crippen LogP contribution is 2.41. The molecule has 7 nitrogen and oxygen atoms in total. The standard InChI is InChI=1S/C25H22FN3O4/c1-15-13-19(16(2)29(15)18-9-7-17(26)8-10-18)21(30)14-28-23(31)25(27-24(28)32)11-12-33-22-6-4-3-5-20(22)25/h3-10,13H,11-12,14H2,1-2H3,(H,27,32). The first-order valence-electron chi connectivity index (χ1n) is 10.7. The zero-order valence-corrected chi connectivity index (χ0v) is 18.2. The minimum atomic E-state index is -1.22. The summed E-state index contributed by atoms with van der Waals surface area (Å²) in [5.74, 6) is -0.602. The molecule has 168 valence electrons. The average Bonchev–Trinajstić information content (AvgIpc) is 3.23. The molecule has 2 aliphatic rings. The van der Waals surface area contributed by atoms with Gasteiger partial charge in [0.2, 0.25) is 0 Å². The molecule has 3 heterocycles. The Morgan fingerprint density at radius 3 is 2.61 bits per heavy atom. The van der Waals surface area contributed by atoms with E-state index in [1.165, 1.54) is 12.1 Å². The van der Waals surface area contributed by atoms with Gasteiger partial charge in [-0.3, -0.25) is 14.5 Å². The number of carbonyl (C=O) groups is 3. The van der Waals surface area contributed by atoms with Crippen LogP contribution in [0.25, 0.3) is 5.69 Å². The second-order valence-electron chi connectivity index (χ2n) is 8.34. The van der Waals surface area contributed by atoms with E-state index >= 15 is 0 Å². The van der Waals surface area contributed by atoms with E-state index in [1.807, 2.05) is 11.5 Å². The van der Waals surface area contributed by atoms with Crippen LogP contribution in [0.1, 0.15) is 33.7 Å². The number of halogens is 1. The van der Waals surface area contributed by atoms with Crippen molar-refractivity contribution in [1.29, 1.82) is 0 Å². The molecule has 1 spiro atoms. The van der Waals surface area contributed by atoms with Crippen LogP contribution in [0.15, 0.2) is 54.6 Å². The van der Waals surface area contributed by atoms with Crippen molar-refractivity contribution in [2.24, 2.45) is 0 Å². The predicted molar refractivity (Wildman–Crippen MR) is 118 cm³/mol. The molecule has 1 fully saturated rings. The molecular weight excluding hydrogens is 425 g/mol. The van der Waals surface area contributed by atoms with Gasteiger partial charge >= 0.3 is 6.03 Å². The van der Waals surface area contributed by atoms with E-state index in [0.29, 0.717) is 29.0 Å². The minimum Gasteiger partial charge on any atom is -0.493 e. The number of nitrogens with one attached hydrogen (secondary N) is 1. The molecule has 3 aromatic rings. The summed E-state index contributed by atoms with van der Waals surface area (Å²) in [7, 11) is 0. The van der Waals surface area contributed by atoms with Crippen molar-refractivity contribution in [2.45, 2.75) is 25.8 Å². The normalized spacial score (nSPS) is 19.4. The molecule has 33 heavy (non-hydrogen) atoms. The number of fused-ring (bicyclic) bond motifs is 2. The van der Waals surface area contributed by atoms with Crippen molar-refractivity contribution in [3.8, 4) is 11.4 Å². The van der Waals surface area contributed by atoms with Crippen LogP contribution in [-0.4, -0.2) is 40.3 Å². The number of aryl methyl sites for hydroxylation is 1. The number of aromatic nitrogens is 1. The van der Waals surface area contributed by atoms with Gasteiger partial charge in [0.1, 0.15) is 11.6 Å². The largest absolute Gasteiger partial charge is 0.493 e. The van der Waals surface area contributed by atoms with E-state index in [4.69, 9.17) is 4.74 Å². The van der Waals surface area contributed by atoms with Gasteiger partial charge in [-0.2, -0.15) is 0 Å². The zero-order valence-electron chi connectivity index (χ0n) is 18.2. The van der Waals surface area contributed by atoms with Crippen LogP contribution < -0.4 is 10.1 Å². The van der Waals surface area contributed by atoms with Gasteiger partial charge in [0, 0.05) is 34.6 Å². The van der Waals surface area contributed by atoms with Gasteiger partial charge in [-0.05, 0) is 50.2 Å². The van der Waals surface area contributed by atoms with Crippen molar-refractivity contribution in [3.05, 3.63) is 82.9 Å². The maximum atomic E-state index is 13.4. The van der Waals surface area contributed by atoms with Gasteiger partial charge in [-0.15, -0.1) is 0 Å². The van der Waals surface area contributed by atoms with E-state index in [0.717, 1.165) is 16.3 Å². The van der Waals surface area contributed by atoms with E-state index in [1.54, 1.807) is 49.4 Å². The smallest absolute Gasteiger partial charge is 0.325 e. The van der Waals surface area contributed by atoms with Crippen molar-refractivity contribution >= 4 is 17.7 Å². The van der Waals surface area contributed by atoms with Gasteiger partial charge in [0.15, 0.2) is 11.3 Å². The monoisotopic (exact) mass is 447 g/mol. The number of benzene rings is 2. The SMILES string of the molecule is Cc1cc(C(=O)CN2C(=O)NC3(CCOc4ccccc43)C2=O)c(C)n1-c1ccc(F)cc1. The number of carbonyl (C=O) groups excluding carboxylic acids is 3. The first-order valence-corrected chi connectivity index (χ1v) is 10.7. The molecule has 0 saturated carbocycles. The molecular formula is C25H22FN3O4. The number of imide groups is 1. The fraction of sp³-hybridized carbons (Fsp3) is 0.240. The number of nitrogens with zero attached hydrogens (tertiary/aromatic N) is 2. The van der Waals surface area contributed by atoms with Crippen LogP contribution >= 0.6 is 0 Å². The Bertz CT molecular complexity index is 1300. The number of ketones is 1. The maximum absolute atomic E-state index is 13.4. The molecule has 0 aliphatic carbocycles. The molecule has 5 rings (SSSR count). The molecule has 0 bridgehead atoms. The Morgan fingerprint density at radius 2 is 1.85 bits per heavy atom. The molecule has 2 aliphatic heterocycles. The van der Waals surface area contributed by atoms with Crippen LogP contribution in [0.2, 0.25) is 0 Å². The van der Waals surface area contributed by atoms with Crippen molar-refractivity contribution in [3.63, 3.8) is 0 Å². The molecule has 2 aromatic carbocycles. The van der Waals surface area contributed by atoms with Gasteiger partial charge < -0.3 is 14.6 Å². The lowest BCUT2D eigenvalue weighted by Gasteiger charge is -2.33. The number of hydrogen-bond donors (Lipinski definition) is 1. The lowest BCUT2D eigenvalue weighted by Crippen LogP contribution is -2.47. The Balaban J connectivity index is 1.44. The zero-order chi connectivity index (χ0) is 23.3. The number of hydrogen-bond acceptors (Lipinski definition) is 4. The predicted octanol–water partition coefficient (Wildman–Crippen LogP) is 3.65. The Morgan fingerprint density at radius 1 is 1.12 bits per heavy atom. The van der Waals surface area contributed by atoms with E-state index in [-0.39, 0.29) is 24.8 Å². The second kappa shape index (κ2) is 7.58. The summed E-state index contributed by atoms with van der Waals surface area (Å²) in [5, 5.41) is 2.81. The number of para-hydroxylation sites is 1. The van der Waals surface area contributed by atoms with Crippen LogP contribution in [-0.2, 0) is 10.3 Å². The molecule has 1 unspecified atom stereocenters. The quantitative estimate of drug-likeness (QED) is 0.489. The third-order valence-electron chi connectivity index (χ3n) is 6.38. The van der Waals surface area contributed by atoms with Crippen LogP contribution in [0.5, 0.6) is 5.75 Å². The average molecular weight is 447 g/mol.